The van der Waals surface area contributed by atoms with E-state index >= 15 is 0 Å². The number of hydrogen-bond donors (Lipinski definition) is 1. The third kappa shape index (κ3) is 3.21. The van der Waals surface area contributed by atoms with Crippen molar-refractivity contribution in [3.8, 4) is 5.75 Å². The van der Waals surface area contributed by atoms with Crippen LogP contribution in [0.15, 0.2) is 0 Å². The van der Waals surface area contributed by atoms with Gasteiger partial charge in [-0.2, -0.15) is 5.10 Å². The van der Waals surface area contributed by atoms with Gasteiger partial charge in [-0.25, -0.2) is 13.6 Å². The topological polar surface area (TPSA) is 87.2 Å². The van der Waals surface area contributed by atoms with Crippen LogP contribution in [0.4, 0.5) is 0 Å². The van der Waals surface area contributed by atoms with E-state index in [0.717, 1.165) is 11.4 Å². The van der Waals surface area contributed by atoms with Gasteiger partial charge in [0.05, 0.1) is 11.4 Å². The molecule has 7 heteroatoms. The first kappa shape index (κ1) is 12.0. The molecule has 15 heavy (non-hydrogen) atoms. The molecule has 0 bridgehead atoms. The number of rotatable bonds is 4. The van der Waals surface area contributed by atoms with Crippen LogP contribution in [0, 0.1) is 13.8 Å². The van der Waals surface area contributed by atoms with Crippen LogP contribution in [0.5, 0.6) is 5.75 Å². The fraction of sp³-hybridized carbons (Fsp3) is 0.625. The van der Waals surface area contributed by atoms with Gasteiger partial charge in [0.2, 0.25) is 10.0 Å². The third-order valence-electron chi connectivity index (χ3n) is 2.06. The third-order valence-corrected chi connectivity index (χ3v) is 2.79. The molecule has 0 aliphatic carbocycles. The Balaban J connectivity index is 2.66. The zero-order valence-electron chi connectivity index (χ0n) is 9.02. The molecule has 0 fully saturated rings. The molecule has 0 amide bonds. The Labute approximate surface area is 89.1 Å². The van der Waals surface area contributed by atoms with Gasteiger partial charge >= 0.3 is 0 Å². The average Bonchev–Trinajstić information content (AvgIpc) is 2.29. The van der Waals surface area contributed by atoms with Gasteiger partial charge in [-0.1, -0.05) is 0 Å². The van der Waals surface area contributed by atoms with Crippen LogP contribution < -0.4 is 9.88 Å². The summed E-state index contributed by atoms with van der Waals surface area (Å²) in [6.07, 6.45) is 0. The molecule has 2 N–H and O–H groups in total. The fourth-order valence-electron chi connectivity index (χ4n) is 1.22. The predicted octanol–water partition coefficient (Wildman–Crippen LogP) is -0.296. The molecule has 0 spiro atoms. The largest absolute Gasteiger partial charge is 0.489 e. The number of nitrogens with two attached hydrogens (primary N) is 1. The highest BCUT2D eigenvalue weighted by Gasteiger charge is 2.11. The van der Waals surface area contributed by atoms with Crippen molar-refractivity contribution in [2.75, 3.05) is 12.4 Å². The van der Waals surface area contributed by atoms with E-state index in [0.29, 0.717) is 5.75 Å². The molecule has 6 nitrogen and oxygen atoms in total. The van der Waals surface area contributed by atoms with Crippen LogP contribution in [0.2, 0.25) is 0 Å². The summed E-state index contributed by atoms with van der Waals surface area (Å²) in [6.45, 7) is 3.71. The second-order valence-corrected chi connectivity index (χ2v) is 5.07. The van der Waals surface area contributed by atoms with Crippen LogP contribution >= 0.6 is 0 Å². The molecular weight excluding hydrogens is 218 g/mol. The highest BCUT2D eigenvalue weighted by Crippen LogP contribution is 2.20. The molecule has 1 rings (SSSR count). The van der Waals surface area contributed by atoms with Crippen molar-refractivity contribution < 1.29 is 13.2 Å². The van der Waals surface area contributed by atoms with E-state index in [-0.39, 0.29) is 12.4 Å². The molecule has 86 valence electrons. The van der Waals surface area contributed by atoms with E-state index in [4.69, 9.17) is 9.88 Å². The Kier molecular flexibility index (Phi) is 3.35. The monoisotopic (exact) mass is 233 g/mol. The summed E-state index contributed by atoms with van der Waals surface area (Å²) in [7, 11) is -1.66. The van der Waals surface area contributed by atoms with Crippen molar-refractivity contribution in [2.24, 2.45) is 12.2 Å². The molecule has 0 unspecified atom stereocenters. The number of aromatic nitrogens is 2. The summed E-state index contributed by atoms with van der Waals surface area (Å²) >= 11 is 0. The van der Waals surface area contributed by atoms with Gasteiger partial charge in [-0.05, 0) is 13.8 Å². The summed E-state index contributed by atoms with van der Waals surface area (Å²) in [5.74, 6) is 0.432. The lowest BCUT2D eigenvalue weighted by Crippen LogP contribution is -2.21. The number of aryl methyl sites for hydroxylation is 2. The smallest absolute Gasteiger partial charge is 0.212 e. The standard InChI is InChI=1S/C8H15N3O3S/c1-6-8(7(2)11(3)10-6)14-4-5-15(9,12)13/h4-5H2,1-3H3,(H2,9,12,13). The Morgan fingerprint density at radius 1 is 1.47 bits per heavy atom. The van der Waals surface area contributed by atoms with Crippen molar-refractivity contribution in [1.82, 2.24) is 9.78 Å². The van der Waals surface area contributed by atoms with Gasteiger partial charge in [0.15, 0.2) is 5.75 Å². The number of sulfonamides is 1. The Morgan fingerprint density at radius 3 is 2.47 bits per heavy atom. The maximum atomic E-state index is 10.7. The van der Waals surface area contributed by atoms with Crippen molar-refractivity contribution in [1.29, 1.82) is 0 Å². The van der Waals surface area contributed by atoms with Crippen molar-refractivity contribution in [3.05, 3.63) is 11.4 Å². The van der Waals surface area contributed by atoms with Crippen LogP contribution in [0.25, 0.3) is 0 Å². The lowest BCUT2D eigenvalue weighted by Gasteiger charge is -2.05. The van der Waals surface area contributed by atoms with Crippen molar-refractivity contribution in [3.63, 3.8) is 0 Å². The zero-order valence-corrected chi connectivity index (χ0v) is 9.84. The molecule has 0 saturated carbocycles. The summed E-state index contributed by atoms with van der Waals surface area (Å²) in [5, 5.41) is 8.99. The first-order valence-corrected chi connectivity index (χ1v) is 6.16. The molecule has 0 aliphatic heterocycles. The minimum absolute atomic E-state index is 0.0478. The van der Waals surface area contributed by atoms with Gasteiger partial charge in [0.1, 0.15) is 12.3 Å². The number of primary sulfonamides is 1. The summed E-state index contributed by atoms with van der Waals surface area (Å²) < 4.78 is 28.4. The second kappa shape index (κ2) is 4.19. The van der Waals surface area contributed by atoms with Gasteiger partial charge in [0, 0.05) is 7.05 Å². The zero-order chi connectivity index (χ0) is 11.6. The Morgan fingerprint density at radius 2 is 2.07 bits per heavy atom. The molecule has 1 heterocycles. The lowest BCUT2D eigenvalue weighted by atomic mass is 10.3. The fourth-order valence-corrected chi connectivity index (χ4v) is 1.54. The van der Waals surface area contributed by atoms with Crippen LogP contribution in [0.1, 0.15) is 11.4 Å². The minimum atomic E-state index is -3.47. The second-order valence-electron chi connectivity index (χ2n) is 3.34. The number of ether oxygens (including phenoxy) is 1. The van der Waals surface area contributed by atoms with Gasteiger partial charge in [0.25, 0.3) is 0 Å². The molecule has 1 aromatic heterocycles. The number of hydrogen-bond acceptors (Lipinski definition) is 4. The van der Waals surface area contributed by atoms with Gasteiger partial charge in [-0.3, -0.25) is 4.68 Å². The van der Waals surface area contributed by atoms with E-state index in [9.17, 15) is 8.42 Å². The Hall–Kier alpha value is -1.08. The molecule has 0 radical (unpaired) electrons. The average molecular weight is 233 g/mol. The van der Waals surface area contributed by atoms with E-state index in [1.807, 2.05) is 6.92 Å². The lowest BCUT2D eigenvalue weighted by molar-refractivity contribution is 0.336. The van der Waals surface area contributed by atoms with Gasteiger partial charge < -0.3 is 4.74 Å². The van der Waals surface area contributed by atoms with Crippen LogP contribution in [-0.4, -0.2) is 30.6 Å². The molecule has 0 atom stereocenters. The first-order chi connectivity index (χ1) is 6.81. The van der Waals surface area contributed by atoms with E-state index in [1.54, 1.807) is 18.7 Å². The maximum Gasteiger partial charge on any atom is 0.212 e. The predicted molar refractivity (Wildman–Crippen MR) is 56.2 cm³/mol. The number of nitrogens with zero attached hydrogens (tertiary/aromatic N) is 2. The SMILES string of the molecule is Cc1nn(C)c(C)c1OCCS(N)(=O)=O. The van der Waals surface area contributed by atoms with E-state index in [1.165, 1.54) is 0 Å². The van der Waals surface area contributed by atoms with E-state index < -0.39 is 10.0 Å². The summed E-state index contributed by atoms with van der Waals surface area (Å²) in [4.78, 5) is 0. The highest BCUT2D eigenvalue weighted by molar-refractivity contribution is 7.89. The molecule has 0 aromatic carbocycles. The van der Waals surface area contributed by atoms with Gasteiger partial charge in [-0.15, -0.1) is 0 Å². The van der Waals surface area contributed by atoms with Crippen LogP contribution in [0.3, 0.4) is 0 Å². The Bertz CT molecular complexity index is 450. The molecule has 0 aliphatic rings. The van der Waals surface area contributed by atoms with Crippen molar-refractivity contribution >= 4 is 10.0 Å². The van der Waals surface area contributed by atoms with Crippen LogP contribution in [-0.2, 0) is 17.1 Å². The summed E-state index contributed by atoms with van der Waals surface area (Å²) in [6, 6.07) is 0. The normalized spacial score (nSPS) is 11.7. The highest BCUT2D eigenvalue weighted by atomic mass is 32.2. The molecule has 1 aromatic rings. The first-order valence-electron chi connectivity index (χ1n) is 4.44. The quantitative estimate of drug-likeness (QED) is 0.773. The maximum absolute atomic E-state index is 10.7. The van der Waals surface area contributed by atoms with Crippen molar-refractivity contribution in [2.45, 2.75) is 13.8 Å². The van der Waals surface area contributed by atoms with E-state index in [2.05, 4.69) is 5.10 Å². The molecule has 0 saturated heterocycles. The summed E-state index contributed by atoms with van der Waals surface area (Å²) in [5.41, 5.74) is 1.60. The molecular formula is C8H15N3O3S. The minimum Gasteiger partial charge on any atom is -0.489 e.